The molecule has 1 aliphatic heterocycles. The van der Waals surface area contributed by atoms with Crippen molar-refractivity contribution in [1.82, 2.24) is 19.7 Å². The first-order chi connectivity index (χ1) is 8.74. The van der Waals surface area contributed by atoms with Crippen molar-refractivity contribution in [2.75, 3.05) is 11.9 Å². The zero-order chi connectivity index (χ0) is 12.5. The monoisotopic (exact) mass is 243 g/mol. The van der Waals surface area contributed by atoms with Gasteiger partial charge in [-0.1, -0.05) is 13.8 Å². The molecule has 1 N–H and O–H groups in total. The van der Waals surface area contributed by atoms with Crippen molar-refractivity contribution in [3.63, 3.8) is 0 Å². The van der Waals surface area contributed by atoms with Crippen molar-refractivity contribution >= 4 is 5.95 Å². The lowest BCUT2D eigenvalue weighted by Gasteiger charge is -2.23. The van der Waals surface area contributed by atoms with Crippen molar-refractivity contribution in [3.05, 3.63) is 35.9 Å². The zero-order valence-electron chi connectivity index (χ0n) is 10.7. The first-order valence-corrected chi connectivity index (χ1v) is 6.32. The van der Waals surface area contributed by atoms with Gasteiger partial charge < -0.3 is 5.32 Å². The van der Waals surface area contributed by atoms with Gasteiger partial charge in [0.25, 0.3) is 0 Å². The summed E-state index contributed by atoms with van der Waals surface area (Å²) in [6.07, 6.45) is 3.68. The van der Waals surface area contributed by atoms with Gasteiger partial charge in [-0.2, -0.15) is 10.1 Å². The fourth-order valence-electron chi connectivity index (χ4n) is 2.21. The van der Waals surface area contributed by atoms with E-state index >= 15 is 0 Å². The largest absolute Gasteiger partial charge is 0.354 e. The molecule has 3 heterocycles. The third-order valence-electron chi connectivity index (χ3n) is 3.28. The van der Waals surface area contributed by atoms with Crippen LogP contribution in [0.15, 0.2) is 24.5 Å². The van der Waals surface area contributed by atoms with Gasteiger partial charge in [0, 0.05) is 30.8 Å². The SMILES string of the molecule is CC(C)c1nc2n(n1)CC(c1ccncc1)CN2. The van der Waals surface area contributed by atoms with Crippen molar-refractivity contribution in [1.29, 1.82) is 0 Å². The summed E-state index contributed by atoms with van der Waals surface area (Å²) in [5, 5.41) is 7.91. The minimum Gasteiger partial charge on any atom is -0.354 e. The van der Waals surface area contributed by atoms with E-state index in [4.69, 9.17) is 0 Å². The van der Waals surface area contributed by atoms with Crippen LogP contribution in [0, 0.1) is 0 Å². The molecular formula is C13H17N5. The molecule has 1 unspecified atom stereocenters. The van der Waals surface area contributed by atoms with Gasteiger partial charge in [0.1, 0.15) is 0 Å². The normalized spacial score (nSPS) is 18.5. The van der Waals surface area contributed by atoms with E-state index in [1.54, 1.807) is 0 Å². The van der Waals surface area contributed by atoms with Crippen LogP contribution in [0.1, 0.15) is 37.1 Å². The number of hydrogen-bond donors (Lipinski definition) is 1. The fraction of sp³-hybridized carbons (Fsp3) is 0.462. The van der Waals surface area contributed by atoms with Crippen LogP contribution in [0.4, 0.5) is 5.95 Å². The summed E-state index contributed by atoms with van der Waals surface area (Å²) in [5.74, 6) is 2.60. The third kappa shape index (κ3) is 1.96. The van der Waals surface area contributed by atoms with E-state index in [0.717, 1.165) is 24.9 Å². The van der Waals surface area contributed by atoms with Crippen LogP contribution >= 0.6 is 0 Å². The Morgan fingerprint density at radius 3 is 2.83 bits per heavy atom. The number of hydrogen-bond acceptors (Lipinski definition) is 4. The Hall–Kier alpha value is -1.91. The molecule has 5 heteroatoms. The molecule has 0 radical (unpaired) electrons. The summed E-state index contributed by atoms with van der Waals surface area (Å²) in [6, 6.07) is 4.13. The predicted molar refractivity (Wildman–Crippen MR) is 69.6 cm³/mol. The summed E-state index contributed by atoms with van der Waals surface area (Å²) in [5.41, 5.74) is 1.30. The quantitative estimate of drug-likeness (QED) is 0.876. The van der Waals surface area contributed by atoms with Gasteiger partial charge in [-0.05, 0) is 17.7 Å². The number of aromatic nitrogens is 4. The van der Waals surface area contributed by atoms with Gasteiger partial charge in [0.15, 0.2) is 5.82 Å². The molecule has 0 spiro atoms. The lowest BCUT2D eigenvalue weighted by molar-refractivity contribution is 0.498. The van der Waals surface area contributed by atoms with E-state index in [0.29, 0.717) is 11.8 Å². The van der Waals surface area contributed by atoms with Crippen LogP contribution in [0.25, 0.3) is 0 Å². The first-order valence-electron chi connectivity index (χ1n) is 6.32. The lowest BCUT2D eigenvalue weighted by atomic mass is 9.99. The number of pyridine rings is 1. The topological polar surface area (TPSA) is 55.6 Å². The van der Waals surface area contributed by atoms with Crippen LogP contribution in [-0.4, -0.2) is 26.3 Å². The summed E-state index contributed by atoms with van der Waals surface area (Å²) in [4.78, 5) is 8.56. The minimum absolute atomic E-state index is 0.365. The molecule has 0 saturated heterocycles. The lowest BCUT2D eigenvalue weighted by Crippen LogP contribution is -2.26. The molecule has 0 aliphatic carbocycles. The highest BCUT2D eigenvalue weighted by Gasteiger charge is 2.22. The average molecular weight is 243 g/mol. The Morgan fingerprint density at radius 1 is 1.33 bits per heavy atom. The number of nitrogens with one attached hydrogen (secondary N) is 1. The smallest absolute Gasteiger partial charge is 0.221 e. The van der Waals surface area contributed by atoms with E-state index in [1.165, 1.54) is 5.56 Å². The van der Waals surface area contributed by atoms with E-state index < -0.39 is 0 Å². The van der Waals surface area contributed by atoms with Gasteiger partial charge in [-0.3, -0.25) is 4.98 Å². The highest BCUT2D eigenvalue weighted by molar-refractivity contribution is 5.31. The van der Waals surface area contributed by atoms with Crippen molar-refractivity contribution in [3.8, 4) is 0 Å². The van der Waals surface area contributed by atoms with E-state index in [1.807, 2.05) is 17.1 Å². The number of rotatable bonds is 2. The van der Waals surface area contributed by atoms with E-state index in [9.17, 15) is 0 Å². The Kier molecular flexibility index (Phi) is 2.74. The van der Waals surface area contributed by atoms with E-state index in [-0.39, 0.29) is 0 Å². The highest BCUT2D eigenvalue weighted by atomic mass is 15.4. The molecule has 94 valence electrons. The molecule has 1 aliphatic rings. The second-order valence-electron chi connectivity index (χ2n) is 4.99. The second kappa shape index (κ2) is 4.40. The maximum absolute atomic E-state index is 4.55. The molecule has 0 amide bonds. The van der Waals surface area contributed by atoms with Crippen LogP contribution < -0.4 is 5.32 Å². The summed E-state index contributed by atoms with van der Waals surface area (Å²) < 4.78 is 1.98. The van der Waals surface area contributed by atoms with Crippen molar-refractivity contribution in [2.24, 2.45) is 0 Å². The Balaban J connectivity index is 1.85. The van der Waals surface area contributed by atoms with Gasteiger partial charge >= 0.3 is 0 Å². The predicted octanol–water partition coefficient (Wildman–Crippen LogP) is 2.01. The number of nitrogens with zero attached hydrogens (tertiary/aromatic N) is 4. The summed E-state index contributed by atoms with van der Waals surface area (Å²) >= 11 is 0. The molecule has 2 aromatic heterocycles. The number of anilines is 1. The molecule has 2 aromatic rings. The second-order valence-corrected chi connectivity index (χ2v) is 4.99. The maximum atomic E-state index is 4.55. The molecule has 0 aromatic carbocycles. The zero-order valence-corrected chi connectivity index (χ0v) is 10.7. The maximum Gasteiger partial charge on any atom is 0.221 e. The van der Waals surface area contributed by atoms with Crippen molar-refractivity contribution in [2.45, 2.75) is 32.2 Å². The third-order valence-corrected chi connectivity index (χ3v) is 3.28. The standard InChI is InChI=1S/C13H17N5/c1-9(2)12-16-13-15-7-11(8-18(13)17-12)10-3-5-14-6-4-10/h3-6,9,11H,7-8H2,1-2H3,(H,15,16,17). The Bertz CT molecular complexity index is 532. The molecule has 1 atom stereocenters. The molecule has 3 rings (SSSR count). The summed E-state index contributed by atoms with van der Waals surface area (Å²) in [7, 11) is 0. The molecule has 0 fully saturated rings. The van der Waals surface area contributed by atoms with Gasteiger partial charge in [-0.15, -0.1) is 0 Å². The van der Waals surface area contributed by atoms with Gasteiger partial charge in [-0.25, -0.2) is 4.68 Å². The molecule has 0 saturated carbocycles. The molecule has 0 bridgehead atoms. The van der Waals surface area contributed by atoms with Crippen LogP contribution in [0.3, 0.4) is 0 Å². The van der Waals surface area contributed by atoms with Crippen LogP contribution in [0.5, 0.6) is 0 Å². The Morgan fingerprint density at radius 2 is 2.11 bits per heavy atom. The first kappa shape index (κ1) is 11.2. The highest BCUT2D eigenvalue weighted by Crippen LogP contribution is 2.25. The van der Waals surface area contributed by atoms with Crippen LogP contribution in [-0.2, 0) is 6.54 Å². The number of fused-ring (bicyclic) bond motifs is 1. The van der Waals surface area contributed by atoms with Gasteiger partial charge in [0.05, 0.1) is 6.54 Å². The van der Waals surface area contributed by atoms with Gasteiger partial charge in [0.2, 0.25) is 5.95 Å². The van der Waals surface area contributed by atoms with E-state index in [2.05, 4.69) is 46.4 Å². The minimum atomic E-state index is 0.365. The van der Waals surface area contributed by atoms with Crippen LogP contribution in [0.2, 0.25) is 0 Å². The molecular weight excluding hydrogens is 226 g/mol. The van der Waals surface area contributed by atoms with Crippen molar-refractivity contribution < 1.29 is 0 Å². The molecule has 5 nitrogen and oxygen atoms in total. The summed E-state index contributed by atoms with van der Waals surface area (Å²) in [6.45, 7) is 6.01. The Labute approximate surface area is 106 Å². The fourth-order valence-corrected chi connectivity index (χ4v) is 2.21. The molecule has 18 heavy (non-hydrogen) atoms. The average Bonchev–Trinajstić information content (AvgIpc) is 2.82.